The standard InChI is InChI=1S/C30H28N2O6/c1-30-21(12-8-16-9-13-23(33)24(14-16)38-2)18-10-11-19-25(27(35)31-26(19)34)20(18)15-22(30)28(36)32(29(30)37)17-6-4-3-5-7-17/h3-10,12-14,19-22,25,33H,11,15H2,1-2H3,(H,31,34,35)/t19-,20+,21-,22-,25-,30-/m0/s1. The van der Waals surface area contributed by atoms with Gasteiger partial charge < -0.3 is 9.84 Å². The molecular formula is C30H28N2O6. The van der Waals surface area contributed by atoms with Crippen molar-refractivity contribution in [2.75, 3.05) is 12.0 Å². The first kappa shape index (κ1) is 24.2. The molecule has 4 aliphatic rings. The number of aromatic hydroxyl groups is 1. The minimum absolute atomic E-state index is 0.0161. The Kier molecular flexibility index (Phi) is 5.52. The van der Waals surface area contributed by atoms with Gasteiger partial charge in [0, 0.05) is 5.92 Å². The lowest BCUT2D eigenvalue weighted by molar-refractivity contribution is -0.132. The number of phenolic OH excluding ortho intramolecular Hbond substituents is 1. The van der Waals surface area contributed by atoms with Crippen molar-refractivity contribution in [1.29, 1.82) is 0 Å². The van der Waals surface area contributed by atoms with Crippen LogP contribution >= 0.6 is 0 Å². The molecule has 8 nitrogen and oxygen atoms in total. The van der Waals surface area contributed by atoms with Crippen LogP contribution in [-0.4, -0.2) is 35.8 Å². The summed E-state index contributed by atoms with van der Waals surface area (Å²) < 4.78 is 5.24. The molecule has 6 rings (SSSR count). The number of benzene rings is 2. The number of hydrogen-bond acceptors (Lipinski definition) is 6. The summed E-state index contributed by atoms with van der Waals surface area (Å²) in [5, 5.41) is 12.5. The van der Waals surface area contributed by atoms with E-state index in [1.165, 1.54) is 18.1 Å². The van der Waals surface area contributed by atoms with E-state index in [9.17, 15) is 24.3 Å². The highest BCUT2D eigenvalue weighted by atomic mass is 16.5. The number of phenols is 1. The third-order valence-electron chi connectivity index (χ3n) is 8.89. The van der Waals surface area contributed by atoms with E-state index >= 15 is 0 Å². The van der Waals surface area contributed by atoms with Crippen LogP contribution in [0.3, 0.4) is 0 Å². The monoisotopic (exact) mass is 512 g/mol. The number of hydrogen-bond donors (Lipinski definition) is 2. The Morgan fingerprint density at radius 3 is 2.55 bits per heavy atom. The number of amides is 4. The fraction of sp³-hybridized carbons (Fsp3) is 0.333. The van der Waals surface area contributed by atoms with Crippen molar-refractivity contribution < 1.29 is 29.0 Å². The Morgan fingerprint density at radius 2 is 1.82 bits per heavy atom. The van der Waals surface area contributed by atoms with Crippen molar-refractivity contribution in [2.45, 2.75) is 19.8 Å². The SMILES string of the molecule is COc1cc(C=C[C@H]2C3=CC[C@@H]4C(=O)NC(=O)[C@@H]4[C@@H]3C[C@H]3C(=O)N(c4ccccc4)C(=O)[C@@]23C)ccc1O. The van der Waals surface area contributed by atoms with E-state index in [0.29, 0.717) is 24.3 Å². The molecule has 6 atom stereocenters. The van der Waals surface area contributed by atoms with Gasteiger partial charge in [-0.25, -0.2) is 4.90 Å². The Morgan fingerprint density at radius 1 is 1.05 bits per heavy atom. The Balaban J connectivity index is 1.47. The molecule has 0 aromatic heterocycles. The number of rotatable bonds is 4. The lowest BCUT2D eigenvalue weighted by Crippen LogP contribution is -2.49. The van der Waals surface area contributed by atoms with Gasteiger partial charge in [0.25, 0.3) is 0 Å². The Bertz CT molecular complexity index is 1430. The van der Waals surface area contributed by atoms with Gasteiger partial charge in [0.15, 0.2) is 11.5 Å². The van der Waals surface area contributed by atoms with E-state index in [4.69, 9.17) is 4.74 Å². The molecule has 2 saturated heterocycles. The van der Waals surface area contributed by atoms with Crippen LogP contribution < -0.4 is 15.0 Å². The molecule has 1 saturated carbocycles. The summed E-state index contributed by atoms with van der Waals surface area (Å²) in [4.78, 5) is 54.6. The van der Waals surface area contributed by atoms with Gasteiger partial charge in [0.2, 0.25) is 23.6 Å². The van der Waals surface area contributed by atoms with E-state index in [1.807, 2.05) is 31.2 Å². The number of nitrogens with one attached hydrogen (secondary N) is 1. The van der Waals surface area contributed by atoms with Gasteiger partial charge in [-0.1, -0.05) is 48.1 Å². The van der Waals surface area contributed by atoms with Gasteiger partial charge in [-0.15, -0.1) is 0 Å². The first-order valence-corrected chi connectivity index (χ1v) is 12.8. The fourth-order valence-electron chi connectivity index (χ4n) is 6.96. The average molecular weight is 513 g/mol. The lowest BCUT2D eigenvalue weighted by Gasteiger charge is -2.47. The van der Waals surface area contributed by atoms with Crippen LogP contribution in [0.2, 0.25) is 0 Å². The topological polar surface area (TPSA) is 113 Å². The van der Waals surface area contributed by atoms with Crippen molar-refractivity contribution in [1.82, 2.24) is 5.32 Å². The van der Waals surface area contributed by atoms with E-state index in [-0.39, 0.29) is 35.3 Å². The van der Waals surface area contributed by atoms with Crippen molar-refractivity contribution in [3.63, 3.8) is 0 Å². The number of carbonyl (C=O) groups is 4. The van der Waals surface area contributed by atoms with Crippen LogP contribution in [0, 0.1) is 35.0 Å². The van der Waals surface area contributed by atoms with Gasteiger partial charge >= 0.3 is 0 Å². The second kappa shape index (κ2) is 8.68. The third kappa shape index (κ3) is 3.36. The molecule has 38 heavy (non-hydrogen) atoms. The van der Waals surface area contributed by atoms with Crippen molar-refractivity contribution in [3.8, 4) is 11.5 Å². The molecule has 2 heterocycles. The zero-order valence-electron chi connectivity index (χ0n) is 21.1. The minimum Gasteiger partial charge on any atom is -0.504 e. The van der Waals surface area contributed by atoms with Crippen LogP contribution in [-0.2, 0) is 19.2 Å². The molecule has 0 spiro atoms. The Hall–Kier alpha value is -4.20. The molecule has 3 fully saturated rings. The van der Waals surface area contributed by atoms with Crippen LogP contribution in [0.4, 0.5) is 5.69 Å². The van der Waals surface area contributed by atoms with Crippen LogP contribution in [0.15, 0.2) is 66.3 Å². The highest BCUT2D eigenvalue weighted by molar-refractivity contribution is 6.24. The molecule has 2 aliphatic heterocycles. The van der Waals surface area contributed by atoms with Crippen LogP contribution in [0.1, 0.15) is 25.3 Å². The van der Waals surface area contributed by atoms with Crippen molar-refractivity contribution in [3.05, 3.63) is 71.8 Å². The predicted molar refractivity (Wildman–Crippen MR) is 139 cm³/mol. The maximum absolute atomic E-state index is 14.1. The number of para-hydroxylation sites is 1. The summed E-state index contributed by atoms with van der Waals surface area (Å²) in [6.45, 7) is 1.84. The second-order valence-corrected chi connectivity index (χ2v) is 10.7. The molecule has 8 heteroatoms. The second-order valence-electron chi connectivity index (χ2n) is 10.7. The predicted octanol–water partition coefficient (Wildman–Crippen LogP) is 3.46. The highest BCUT2D eigenvalue weighted by Gasteiger charge is 2.66. The Labute approximate surface area is 220 Å². The first-order valence-electron chi connectivity index (χ1n) is 12.8. The molecule has 2 aliphatic carbocycles. The molecule has 4 amide bonds. The molecule has 0 unspecified atom stereocenters. The van der Waals surface area contributed by atoms with E-state index in [0.717, 1.165) is 11.1 Å². The molecular weight excluding hydrogens is 484 g/mol. The lowest BCUT2D eigenvalue weighted by atomic mass is 9.52. The minimum atomic E-state index is -1.07. The number of imide groups is 2. The molecule has 0 bridgehead atoms. The number of methoxy groups -OCH3 is 1. The maximum atomic E-state index is 14.1. The number of nitrogens with zero attached hydrogens (tertiary/aromatic N) is 1. The summed E-state index contributed by atoms with van der Waals surface area (Å²) in [5.41, 5.74) is 1.13. The normalized spacial score (nSPS) is 32.1. The molecule has 2 N–H and O–H groups in total. The summed E-state index contributed by atoms with van der Waals surface area (Å²) >= 11 is 0. The summed E-state index contributed by atoms with van der Waals surface area (Å²) in [7, 11) is 1.47. The highest BCUT2D eigenvalue weighted by Crippen LogP contribution is 2.60. The zero-order chi connectivity index (χ0) is 26.8. The molecule has 2 aromatic carbocycles. The third-order valence-corrected chi connectivity index (χ3v) is 8.89. The summed E-state index contributed by atoms with van der Waals surface area (Å²) in [5.74, 6) is -3.24. The molecule has 2 aromatic rings. The molecule has 194 valence electrons. The quantitative estimate of drug-likeness (QED) is 0.479. The van der Waals surface area contributed by atoms with Crippen LogP contribution in [0.5, 0.6) is 11.5 Å². The largest absolute Gasteiger partial charge is 0.504 e. The van der Waals surface area contributed by atoms with Crippen LogP contribution in [0.25, 0.3) is 6.08 Å². The fourth-order valence-corrected chi connectivity index (χ4v) is 6.96. The van der Waals surface area contributed by atoms with E-state index in [2.05, 4.69) is 5.32 Å². The number of carbonyl (C=O) groups excluding carboxylic acids is 4. The van der Waals surface area contributed by atoms with Gasteiger partial charge in [-0.3, -0.25) is 24.5 Å². The number of ether oxygens (including phenoxy) is 1. The maximum Gasteiger partial charge on any atom is 0.241 e. The zero-order valence-corrected chi connectivity index (χ0v) is 21.1. The van der Waals surface area contributed by atoms with E-state index < -0.39 is 29.1 Å². The van der Waals surface area contributed by atoms with Crippen molar-refractivity contribution in [2.24, 2.45) is 35.0 Å². The van der Waals surface area contributed by atoms with Gasteiger partial charge in [-0.05, 0) is 55.5 Å². The smallest absolute Gasteiger partial charge is 0.241 e. The number of allylic oxidation sites excluding steroid dienone is 3. The van der Waals surface area contributed by atoms with Gasteiger partial charge in [0.05, 0.1) is 36.0 Å². The molecule has 0 radical (unpaired) electrons. The summed E-state index contributed by atoms with van der Waals surface area (Å²) in [6, 6.07) is 13.9. The average Bonchev–Trinajstić information content (AvgIpc) is 3.31. The number of fused-ring (bicyclic) bond motifs is 4. The first-order chi connectivity index (χ1) is 18.3. The number of anilines is 1. The van der Waals surface area contributed by atoms with Gasteiger partial charge in [-0.2, -0.15) is 0 Å². The summed E-state index contributed by atoms with van der Waals surface area (Å²) in [6.07, 6.45) is 6.52. The van der Waals surface area contributed by atoms with Gasteiger partial charge in [0.1, 0.15) is 0 Å². The van der Waals surface area contributed by atoms with Crippen molar-refractivity contribution >= 4 is 35.4 Å². The van der Waals surface area contributed by atoms with E-state index in [1.54, 1.807) is 36.4 Å².